The van der Waals surface area contributed by atoms with Gasteiger partial charge in [0.1, 0.15) is 23.2 Å². The highest BCUT2D eigenvalue weighted by Crippen LogP contribution is 2.61. The first-order valence-electron chi connectivity index (χ1n) is 19.3. The first kappa shape index (κ1) is 34.9. The largest absolute Gasteiger partial charge is 0.368 e. The van der Waals surface area contributed by atoms with Crippen LogP contribution in [0, 0.1) is 0 Å². The van der Waals surface area contributed by atoms with Gasteiger partial charge in [-0.25, -0.2) is 9.97 Å². The summed E-state index contributed by atoms with van der Waals surface area (Å²) in [6.07, 6.45) is 9.89. The minimum Gasteiger partial charge on any atom is -0.368 e. The Bertz CT molecular complexity index is 2230. The maximum Gasteiger partial charge on any atom is 0.270 e. The number of fused-ring (bicyclic) bond motifs is 3. The van der Waals surface area contributed by atoms with Crippen molar-refractivity contribution in [3.63, 3.8) is 0 Å². The minimum atomic E-state index is -0.695. The third kappa shape index (κ3) is 6.05. The molecule has 5 aliphatic rings. The number of nitrogens with one attached hydrogen (secondary N) is 2. The summed E-state index contributed by atoms with van der Waals surface area (Å²) < 4.78 is 2.08. The fourth-order valence-corrected chi connectivity index (χ4v) is 8.95. The number of hydrogen-bond donors (Lipinski definition) is 2. The van der Waals surface area contributed by atoms with Crippen LogP contribution in [-0.4, -0.2) is 105 Å². The lowest BCUT2D eigenvalue weighted by Crippen LogP contribution is -2.54. The van der Waals surface area contributed by atoms with Crippen LogP contribution in [0.2, 0.25) is 0 Å². The van der Waals surface area contributed by atoms with Gasteiger partial charge in [0.05, 0.1) is 17.5 Å². The molecule has 2 N–H and O–H groups in total. The molecule has 15 heteroatoms. The molecule has 0 radical (unpaired) electrons. The molecule has 2 saturated carbocycles. The summed E-state index contributed by atoms with van der Waals surface area (Å²) in [5, 5.41) is 6.42. The van der Waals surface area contributed by atoms with Gasteiger partial charge in [0, 0.05) is 81.8 Å². The van der Waals surface area contributed by atoms with E-state index < -0.39 is 17.4 Å². The van der Waals surface area contributed by atoms with Crippen LogP contribution >= 0.6 is 0 Å². The number of amides is 5. The van der Waals surface area contributed by atoms with Crippen LogP contribution < -0.4 is 20.4 Å². The second kappa shape index (κ2) is 13.5. The van der Waals surface area contributed by atoms with E-state index in [0.29, 0.717) is 50.1 Å². The normalized spacial score (nSPS) is 20.7. The Morgan fingerprint density at radius 2 is 1.71 bits per heavy atom. The predicted octanol–water partition coefficient (Wildman–Crippen LogP) is 3.46. The highest BCUT2D eigenvalue weighted by molar-refractivity contribution is 6.16. The van der Waals surface area contributed by atoms with E-state index in [1.165, 1.54) is 0 Å². The van der Waals surface area contributed by atoms with Gasteiger partial charge >= 0.3 is 0 Å². The van der Waals surface area contributed by atoms with E-state index in [2.05, 4.69) is 30.1 Å². The summed E-state index contributed by atoms with van der Waals surface area (Å²) in [6, 6.07) is 11.0. The van der Waals surface area contributed by atoms with Crippen LogP contribution in [0.4, 0.5) is 23.1 Å². The molecule has 1 atom stereocenters. The molecule has 0 unspecified atom stereocenters. The van der Waals surface area contributed by atoms with E-state index >= 15 is 0 Å². The highest BCUT2D eigenvalue weighted by Gasteiger charge is 2.62. The van der Waals surface area contributed by atoms with Gasteiger partial charge in [-0.3, -0.25) is 34.2 Å². The molecule has 5 amide bonds. The first-order valence-corrected chi connectivity index (χ1v) is 19.3. The monoisotopic (exact) mass is 744 g/mol. The predicted molar refractivity (Wildman–Crippen MR) is 204 cm³/mol. The Morgan fingerprint density at radius 3 is 2.40 bits per heavy atom. The summed E-state index contributed by atoms with van der Waals surface area (Å²) in [5.41, 5.74) is 4.23. The molecule has 3 aliphatic heterocycles. The molecular weight excluding hydrogens is 701 g/mol. The summed E-state index contributed by atoms with van der Waals surface area (Å²) in [5.74, 6) is 0.111. The average molecular weight is 745 g/mol. The fourth-order valence-electron chi connectivity index (χ4n) is 8.95. The number of hydrogen-bond acceptors (Lipinski definition) is 10. The molecule has 3 aromatic heterocycles. The third-order valence-electron chi connectivity index (χ3n) is 11.9. The summed E-state index contributed by atoms with van der Waals surface area (Å²) in [6.45, 7) is 2.31. The van der Waals surface area contributed by atoms with Crippen molar-refractivity contribution in [2.45, 2.75) is 75.3 Å². The number of carbonyl (C=O) groups is 5. The second-order valence-electron chi connectivity index (χ2n) is 15.6. The van der Waals surface area contributed by atoms with Crippen molar-refractivity contribution < 1.29 is 24.0 Å². The molecule has 2 saturated heterocycles. The molecule has 6 heterocycles. The number of anilines is 4. The van der Waals surface area contributed by atoms with E-state index in [-0.39, 0.29) is 42.5 Å². The molecule has 1 aromatic carbocycles. The minimum absolute atomic E-state index is 0.0165. The fraction of sp³-hybridized carbons (Fsp3) is 0.450. The lowest BCUT2D eigenvalue weighted by molar-refractivity contribution is -0.136. The van der Waals surface area contributed by atoms with Crippen LogP contribution in [-0.2, 0) is 31.0 Å². The third-order valence-corrected chi connectivity index (χ3v) is 11.9. The van der Waals surface area contributed by atoms with Crippen LogP contribution in [0.1, 0.15) is 79.0 Å². The molecular formula is C40H44N10O5. The number of benzene rings is 1. The molecule has 0 bridgehead atoms. The van der Waals surface area contributed by atoms with Gasteiger partial charge in [-0.2, -0.15) is 4.98 Å². The average Bonchev–Trinajstić information content (AvgIpc) is 3.51. The zero-order valence-corrected chi connectivity index (χ0v) is 31.1. The second-order valence-corrected chi connectivity index (χ2v) is 15.6. The van der Waals surface area contributed by atoms with Crippen molar-refractivity contribution >= 4 is 63.7 Å². The Balaban J connectivity index is 0.847. The Labute approximate surface area is 318 Å². The maximum absolute atomic E-state index is 13.8. The highest BCUT2D eigenvalue weighted by atomic mass is 16.2. The van der Waals surface area contributed by atoms with Crippen molar-refractivity contribution in [2.24, 2.45) is 0 Å². The van der Waals surface area contributed by atoms with E-state index in [1.54, 1.807) is 36.3 Å². The molecule has 284 valence electrons. The number of aromatic nitrogens is 4. The van der Waals surface area contributed by atoms with Crippen LogP contribution in [0.25, 0.3) is 11.0 Å². The number of carbonyl (C=O) groups excluding carboxylic acids is 5. The lowest BCUT2D eigenvalue weighted by Gasteiger charge is -2.37. The van der Waals surface area contributed by atoms with Crippen molar-refractivity contribution in [1.29, 1.82) is 0 Å². The maximum atomic E-state index is 13.8. The van der Waals surface area contributed by atoms with E-state index in [1.807, 2.05) is 41.3 Å². The number of nitrogens with zero attached hydrogens (tertiary/aromatic N) is 8. The topological polar surface area (TPSA) is 166 Å². The smallest absolute Gasteiger partial charge is 0.270 e. The standard InChI is InChI=1S/C40H44N10O5/c1-46(2)37(54)30-21-25-23-42-39(45-35(25)49(30)26-6-3-4-7-26)43-31-12-10-24(22-41-31)20-33(52)48-18-16-47(17-19-48)27-8-5-9-28-34(27)40(14-15-40)38(55)50(28)29-11-13-32(51)44-36(29)53/h5,8-10,12,21-23,26,29H,3-4,6-7,11,13-20H2,1-2H3,(H,44,51,53)(H,41,42,43,45)/t29-/m0/s1. The van der Waals surface area contributed by atoms with Crippen LogP contribution in [0.5, 0.6) is 0 Å². The van der Waals surface area contributed by atoms with Gasteiger partial charge in [0.25, 0.3) is 5.91 Å². The summed E-state index contributed by atoms with van der Waals surface area (Å²) in [7, 11) is 3.51. The molecule has 15 nitrogen and oxygen atoms in total. The van der Waals surface area contributed by atoms with Gasteiger partial charge < -0.3 is 24.6 Å². The Hall–Kier alpha value is -5.86. The number of piperazine rings is 1. The van der Waals surface area contributed by atoms with Crippen LogP contribution in [0.15, 0.2) is 48.8 Å². The van der Waals surface area contributed by atoms with Gasteiger partial charge in [-0.05, 0) is 61.9 Å². The molecule has 2 aliphatic carbocycles. The SMILES string of the molecule is CN(C)C(=O)c1cc2cnc(Nc3ccc(CC(=O)N4CCN(c5cccc6c5C5(CC5)C(=O)N6[C@H]5CCC(=O)NC5=O)CC4)cn3)nc2n1C1CCCC1. The molecule has 55 heavy (non-hydrogen) atoms. The summed E-state index contributed by atoms with van der Waals surface area (Å²) >= 11 is 0. The van der Waals surface area contributed by atoms with Gasteiger partial charge in [-0.1, -0.05) is 25.0 Å². The van der Waals surface area contributed by atoms with E-state index in [9.17, 15) is 24.0 Å². The van der Waals surface area contributed by atoms with E-state index in [4.69, 9.17) is 4.98 Å². The van der Waals surface area contributed by atoms with Gasteiger partial charge in [0.2, 0.25) is 29.6 Å². The summed E-state index contributed by atoms with van der Waals surface area (Å²) in [4.78, 5) is 86.2. The number of piperidine rings is 1. The van der Waals surface area contributed by atoms with Crippen molar-refractivity contribution in [3.05, 3.63) is 65.6 Å². The number of rotatable bonds is 8. The number of imide groups is 1. The van der Waals surface area contributed by atoms with Crippen molar-refractivity contribution in [3.8, 4) is 0 Å². The molecule has 1 spiro atoms. The van der Waals surface area contributed by atoms with Crippen LogP contribution in [0.3, 0.4) is 0 Å². The zero-order valence-electron chi connectivity index (χ0n) is 31.1. The molecule has 4 aromatic rings. The van der Waals surface area contributed by atoms with E-state index in [0.717, 1.165) is 72.1 Å². The quantitative estimate of drug-likeness (QED) is 0.255. The lowest BCUT2D eigenvalue weighted by atomic mass is 9.95. The zero-order chi connectivity index (χ0) is 38.0. The van der Waals surface area contributed by atoms with Gasteiger partial charge in [-0.15, -0.1) is 0 Å². The van der Waals surface area contributed by atoms with Crippen molar-refractivity contribution in [2.75, 3.05) is 55.4 Å². The first-order chi connectivity index (χ1) is 26.6. The Kier molecular flexibility index (Phi) is 8.54. The molecule has 4 fully saturated rings. The Morgan fingerprint density at radius 1 is 0.945 bits per heavy atom. The van der Waals surface area contributed by atoms with Gasteiger partial charge in [0.15, 0.2) is 0 Å². The molecule has 9 rings (SSSR count). The van der Waals surface area contributed by atoms with Crippen molar-refractivity contribution in [1.82, 2.24) is 34.6 Å². The number of pyridine rings is 1.